The molecule has 3 rings (SSSR count). The fourth-order valence-corrected chi connectivity index (χ4v) is 4.03. The maximum absolute atomic E-state index is 13.1. The van der Waals surface area contributed by atoms with Crippen molar-refractivity contribution in [3.8, 4) is 10.6 Å². The first-order valence-electron chi connectivity index (χ1n) is 9.11. The van der Waals surface area contributed by atoms with Crippen LogP contribution in [0.5, 0.6) is 0 Å². The highest BCUT2D eigenvalue weighted by molar-refractivity contribution is 7.17. The van der Waals surface area contributed by atoms with Gasteiger partial charge in [-0.15, -0.1) is 11.3 Å². The van der Waals surface area contributed by atoms with Crippen molar-refractivity contribution >= 4 is 28.8 Å². The minimum atomic E-state index is -0.326. The van der Waals surface area contributed by atoms with Crippen molar-refractivity contribution in [2.24, 2.45) is 0 Å². The van der Waals surface area contributed by atoms with E-state index in [1.807, 2.05) is 32.0 Å². The van der Waals surface area contributed by atoms with E-state index < -0.39 is 0 Å². The number of carbonyl (C=O) groups is 2. The molecule has 0 saturated carbocycles. The van der Waals surface area contributed by atoms with Crippen LogP contribution in [-0.2, 0) is 4.79 Å². The predicted molar refractivity (Wildman–Crippen MR) is 114 cm³/mol. The topological polar surface area (TPSA) is 62.3 Å². The number of rotatable bonds is 5. The molecule has 0 aliphatic rings. The van der Waals surface area contributed by atoms with Gasteiger partial charge >= 0.3 is 0 Å². The largest absolute Gasteiger partial charge is 0.332 e. The van der Waals surface area contributed by atoms with E-state index in [-0.39, 0.29) is 24.2 Å². The summed E-state index contributed by atoms with van der Waals surface area (Å²) in [5.41, 5.74) is 4.03. The van der Waals surface area contributed by atoms with Gasteiger partial charge in [0.25, 0.3) is 5.91 Å². The first-order chi connectivity index (χ1) is 13.8. The summed E-state index contributed by atoms with van der Waals surface area (Å²) in [5, 5.41) is 3.52. The zero-order valence-corrected chi connectivity index (χ0v) is 17.6. The molecule has 150 valence electrons. The third kappa shape index (κ3) is 4.68. The first kappa shape index (κ1) is 20.7. The minimum Gasteiger partial charge on any atom is -0.332 e. The summed E-state index contributed by atoms with van der Waals surface area (Å²) in [6.45, 7) is 5.53. The molecular formula is C22H22FN3O2S. The monoisotopic (exact) mass is 411 g/mol. The van der Waals surface area contributed by atoms with Crippen molar-refractivity contribution in [3.63, 3.8) is 0 Å². The van der Waals surface area contributed by atoms with Crippen LogP contribution in [0.2, 0.25) is 0 Å². The number of nitrogens with one attached hydrogen (secondary N) is 1. The molecule has 7 heteroatoms. The second-order valence-electron chi connectivity index (χ2n) is 6.92. The highest BCUT2D eigenvalue weighted by Gasteiger charge is 2.21. The molecule has 0 bridgehead atoms. The average molecular weight is 412 g/mol. The van der Waals surface area contributed by atoms with Crippen molar-refractivity contribution in [2.45, 2.75) is 20.8 Å². The van der Waals surface area contributed by atoms with Gasteiger partial charge in [0, 0.05) is 18.3 Å². The van der Waals surface area contributed by atoms with Gasteiger partial charge in [0.1, 0.15) is 15.7 Å². The van der Waals surface area contributed by atoms with Crippen LogP contribution in [0.1, 0.15) is 26.5 Å². The second-order valence-corrected chi connectivity index (χ2v) is 7.92. The molecule has 1 N–H and O–H groups in total. The molecule has 1 heterocycles. The third-order valence-electron chi connectivity index (χ3n) is 4.56. The molecule has 29 heavy (non-hydrogen) atoms. The molecule has 0 unspecified atom stereocenters. The molecule has 0 aliphatic heterocycles. The molecule has 0 radical (unpaired) electrons. The molecule has 3 aromatic rings. The number of hydrogen-bond acceptors (Lipinski definition) is 4. The molecule has 0 spiro atoms. The van der Waals surface area contributed by atoms with Crippen molar-refractivity contribution in [1.29, 1.82) is 0 Å². The lowest BCUT2D eigenvalue weighted by Crippen LogP contribution is -2.35. The summed E-state index contributed by atoms with van der Waals surface area (Å²) in [7, 11) is 1.59. The van der Waals surface area contributed by atoms with Crippen LogP contribution in [0.15, 0.2) is 42.5 Å². The van der Waals surface area contributed by atoms with Gasteiger partial charge in [-0.1, -0.05) is 18.2 Å². The van der Waals surface area contributed by atoms with E-state index in [2.05, 4.69) is 10.3 Å². The molecule has 2 amide bonds. The smallest absolute Gasteiger partial charge is 0.266 e. The summed E-state index contributed by atoms with van der Waals surface area (Å²) in [6, 6.07) is 11.8. The number of aryl methyl sites for hydroxylation is 3. The first-order valence-corrected chi connectivity index (χ1v) is 9.93. The quantitative estimate of drug-likeness (QED) is 0.668. The highest BCUT2D eigenvalue weighted by Crippen LogP contribution is 2.29. The maximum atomic E-state index is 13.1. The summed E-state index contributed by atoms with van der Waals surface area (Å²) < 4.78 is 13.1. The molecule has 5 nitrogen and oxygen atoms in total. The van der Waals surface area contributed by atoms with E-state index in [4.69, 9.17) is 0 Å². The van der Waals surface area contributed by atoms with E-state index in [1.165, 1.54) is 28.4 Å². The lowest BCUT2D eigenvalue weighted by atomic mass is 10.1. The Morgan fingerprint density at radius 2 is 1.69 bits per heavy atom. The number of benzene rings is 2. The maximum Gasteiger partial charge on any atom is 0.266 e. The van der Waals surface area contributed by atoms with Crippen LogP contribution < -0.4 is 5.32 Å². The van der Waals surface area contributed by atoms with E-state index in [0.717, 1.165) is 22.4 Å². The molecule has 1 aromatic heterocycles. The van der Waals surface area contributed by atoms with Crippen molar-refractivity contribution < 1.29 is 14.0 Å². The van der Waals surface area contributed by atoms with Crippen LogP contribution in [-0.4, -0.2) is 35.3 Å². The van der Waals surface area contributed by atoms with Gasteiger partial charge in [-0.3, -0.25) is 9.59 Å². The number of nitrogens with zero attached hydrogens (tertiary/aromatic N) is 2. The Hall–Kier alpha value is -3.06. The van der Waals surface area contributed by atoms with E-state index in [9.17, 15) is 14.0 Å². The van der Waals surface area contributed by atoms with Crippen molar-refractivity contribution in [2.75, 3.05) is 18.9 Å². The molecule has 0 aliphatic carbocycles. The Balaban J connectivity index is 1.71. The lowest BCUT2D eigenvalue weighted by Gasteiger charge is -2.17. The van der Waals surface area contributed by atoms with Gasteiger partial charge in [0.15, 0.2) is 0 Å². The molecule has 0 fully saturated rings. The molecular weight excluding hydrogens is 389 g/mol. The van der Waals surface area contributed by atoms with E-state index in [0.29, 0.717) is 15.6 Å². The summed E-state index contributed by atoms with van der Waals surface area (Å²) >= 11 is 1.23. The number of hydrogen-bond donors (Lipinski definition) is 1. The van der Waals surface area contributed by atoms with Crippen LogP contribution in [0.3, 0.4) is 0 Å². The lowest BCUT2D eigenvalue weighted by molar-refractivity contribution is -0.116. The zero-order chi connectivity index (χ0) is 21.1. The van der Waals surface area contributed by atoms with Gasteiger partial charge in [0.2, 0.25) is 5.91 Å². The SMILES string of the molecule is Cc1cccc(C)c1NC(=O)CN(C)C(=O)c1sc(-c2ccc(F)cc2)nc1C. The van der Waals surface area contributed by atoms with E-state index in [1.54, 1.807) is 26.1 Å². The second kappa shape index (κ2) is 8.53. The number of likely N-dealkylation sites (N-methyl/N-ethyl adjacent to an activating group) is 1. The third-order valence-corrected chi connectivity index (χ3v) is 5.75. The number of anilines is 1. The number of carbonyl (C=O) groups excluding carboxylic acids is 2. The van der Waals surface area contributed by atoms with E-state index >= 15 is 0 Å². The predicted octanol–water partition coefficient (Wildman–Crippen LogP) is 4.59. The van der Waals surface area contributed by atoms with Crippen molar-refractivity contribution in [1.82, 2.24) is 9.88 Å². The Bertz CT molecular complexity index is 1040. The summed E-state index contributed by atoms with van der Waals surface area (Å²) in [5.74, 6) is -0.864. The van der Waals surface area contributed by atoms with Gasteiger partial charge in [-0.2, -0.15) is 0 Å². The van der Waals surface area contributed by atoms with Crippen LogP contribution in [0.4, 0.5) is 10.1 Å². The fraction of sp³-hybridized carbons (Fsp3) is 0.227. The summed E-state index contributed by atoms with van der Waals surface area (Å²) in [6.07, 6.45) is 0. The van der Waals surface area contributed by atoms with Gasteiger partial charge in [-0.05, 0) is 56.2 Å². The number of thiazole rings is 1. The van der Waals surface area contributed by atoms with Gasteiger partial charge in [0.05, 0.1) is 12.2 Å². The van der Waals surface area contributed by atoms with Gasteiger partial charge in [-0.25, -0.2) is 9.37 Å². The Labute approximate surface area is 173 Å². The molecule has 0 saturated heterocycles. The molecule has 2 aromatic carbocycles. The van der Waals surface area contributed by atoms with Crippen LogP contribution >= 0.6 is 11.3 Å². The Morgan fingerprint density at radius 3 is 2.31 bits per heavy atom. The minimum absolute atomic E-state index is 0.0736. The number of aromatic nitrogens is 1. The highest BCUT2D eigenvalue weighted by atomic mass is 32.1. The van der Waals surface area contributed by atoms with Gasteiger partial charge < -0.3 is 10.2 Å². The fourth-order valence-electron chi connectivity index (χ4n) is 2.96. The summed E-state index contributed by atoms with van der Waals surface area (Å²) in [4.78, 5) is 31.6. The van der Waals surface area contributed by atoms with Crippen molar-refractivity contribution in [3.05, 3.63) is 70.0 Å². The molecule has 0 atom stereocenters. The standard InChI is InChI=1S/C22H22FN3O2S/c1-13-6-5-7-14(2)19(13)25-18(27)12-26(4)22(28)20-15(3)24-21(29-20)16-8-10-17(23)11-9-16/h5-11H,12H2,1-4H3,(H,25,27). The number of para-hydroxylation sites is 1. The number of amides is 2. The Morgan fingerprint density at radius 1 is 1.07 bits per heavy atom. The van der Waals surface area contributed by atoms with Crippen LogP contribution in [0, 0.1) is 26.6 Å². The average Bonchev–Trinajstić information content (AvgIpc) is 3.06. The number of halogens is 1. The zero-order valence-electron chi connectivity index (χ0n) is 16.7. The normalized spacial score (nSPS) is 10.7. The van der Waals surface area contributed by atoms with Crippen LogP contribution in [0.25, 0.3) is 10.6 Å². The Kier molecular flexibility index (Phi) is 6.08.